The van der Waals surface area contributed by atoms with Gasteiger partial charge in [-0.3, -0.25) is 4.79 Å². The molecule has 1 amide bonds. The van der Waals surface area contributed by atoms with Gasteiger partial charge in [-0.25, -0.2) is 0 Å². The zero-order valence-electron chi connectivity index (χ0n) is 6.20. The number of thioether (sulfide) groups is 1. The lowest BCUT2D eigenvalue weighted by atomic mass is 10.3. The van der Waals surface area contributed by atoms with Crippen LogP contribution < -0.4 is 5.32 Å². The molecule has 1 aromatic rings. The van der Waals surface area contributed by atoms with Crippen molar-refractivity contribution < 1.29 is 4.79 Å². The Kier molecular flexibility index (Phi) is 2.98. The van der Waals surface area contributed by atoms with E-state index in [1.54, 1.807) is 11.8 Å². The molecule has 3 heteroatoms. The Morgan fingerprint density at radius 2 is 2.36 bits per heavy atom. The van der Waals surface area contributed by atoms with Crippen LogP contribution in [0.3, 0.4) is 0 Å². The molecule has 0 saturated carbocycles. The number of hydrogen-bond donors (Lipinski definition) is 1. The van der Waals surface area contributed by atoms with E-state index in [4.69, 9.17) is 0 Å². The molecule has 0 aliphatic carbocycles. The van der Waals surface area contributed by atoms with Crippen molar-refractivity contribution in [1.82, 2.24) is 0 Å². The van der Waals surface area contributed by atoms with E-state index in [0.29, 0.717) is 6.41 Å². The monoisotopic (exact) mass is 167 g/mol. The lowest BCUT2D eigenvalue weighted by Crippen LogP contribution is -1.92. The lowest BCUT2D eigenvalue weighted by Gasteiger charge is -1.99. The molecule has 0 spiro atoms. The van der Waals surface area contributed by atoms with E-state index in [1.807, 2.05) is 30.5 Å². The number of rotatable bonds is 3. The molecule has 0 aliphatic rings. The van der Waals surface area contributed by atoms with E-state index < -0.39 is 0 Å². The van der Waals surface area contributed by atoms with Crippen LogP contribution in [0.4, 0.5) is 5.69 Å². The lowest BCUT2D eigenvalue weighted by molar-refractivity contribution is -0.105. The van der Waals surface area contributed by atoms with Crippen LogP contribution in [0.5, 0.6) is 0 Å². The van der Waals surface area contributed by atoms with Crippen molar-refractivity contribution in [1.29, 1.82) is 0 Å². The minimum absolute atomic E-state index is 0.680. The molecule has 2 nitrogen and oxygen atoms in total. The molecule has 0 aromatic heterocycles. The largest absolute Gasteiger partial charge is 0.329 e. The summed E-state index contributed by atoms with van der Waals surface area (Å²) in [5.41, 5.74) is 0.840. The van der Waals surface area contributed by atoms with Crippen LogP contribution >= 0.6 is 11.8 Å². The van der Waals surface area contributed by atoms with Crippen LogP contribution in [0.2, 0.25) is 0 Å². The molecule has 58 valence electrons. The molecule has 1 N–H and O–H groups in total. The fraction of sp³-hybridized carbons (Fsp3) is 0.125. The van der Waals surface area contributed by atoms with Crippen LogP contribution in [0.1, 0.15) is 0 Å². The first-order valence-corrected chi connectivity index (χ1v) is 4.43. The summed E-state index contributed by atoms with van der Waals surface area (Å²) >= 11 is 1.65. The molecule has 0 fully saturated rings. The average Bonchev–Trinajstić information content (AvgIpc) is 2.06. The Hall–Kier alpha value is -0.960. The molecular formula is C8H9NOS. The quantitative estimate of drug-likeness (QED) is 0.551. The zero-order chi connectivity index (χ0) is 8.10. The third-order valence-corrected chi connectivity index (χ3v) is 2.02. The molecule has 0 unspecified atom stereocenters. The fourth-order valence-corrected chi connectivity index (χ4v) is 1.24. The Morgan fingerprint density at radius 1 is 1.55 bits per heavy atom. The van der Waals surface area contributed by atoms with E-state index in [9.17, 15) is 4.79 Å². The van der Waals surface area contributed by atoms with E-state index in [1.165, 1.54) is 0 Å². The van der Waals surface area contributed by atoms with Gasteiger partial charge >= 0.3 is 0 Å². The first-order chi connectivity index (χ1) is 5.36. The van der Waals surface area contributed by atoms with Crippen LogP contribution in [-0.4, -0.2) is 12.7 Å². The number of carbonyl (C=O) groups excluding carboxylic acids is 1. The standard InChI is InChI=1S/C8H9NOS/c1-11-8-4-2-3-7(5-8)9-6-10/h2-6H,1H3,(H,9,10). The summed E-state index contributed by atoms with van der Waals surface area (Å²) in [4.78, 5) is 11.2. The smallest absolute Gasteiger partial charge is 0.211 e. The molecule has 0 heterocycles. The van der Waals surface area contributed by atoms with Gasteiger partial charge in [-0.2, -0.15) is 0 Å². The molecule has 0 atom stereocenters. The molecule has 0 radical (unpaired) electrons. The van der Waals surface area contributed by atoms with Crippen LogP contribution in [0.25, 0.3) is 0 Å². The Morgan fingerprint density at radius 3 is 3.00 bits per heavy atom. The average molecular weight is 167 g/mol. The van der Waals surface area contributed by atoms with Crippen LogP contribution in [-0.2, 0) is 4.79 Å². The van der Waals surface area contributed by atoms with E-state index in [0.717, 1.165) is 10.6 Å². The second-order valence-electron chi connectivity index (χ2n) is 1.99. The molecule has 11 heavy (non-hydrogen) atoms. The summed E-state index contributed by atoms with van der Waals surface area (Å²) in [6.07, 6.45) is 2.68. The van der Waals surface area contributed by atoms with E-state index in [2.05, 4.69) is 5.32 Å². The van der Waals surface area contributed by atoms with Gasteiger partial charge in [0.1, 0.15) is 0 Å². The van der Waals surface area contributed by atoms with Crippen molar-refractivity contribution in [3.05, 3.63) is 24.3 Å². The van der Waals surface area contributed by atoms with E-state index in [-0.39, 0.29) is 0 Å². The maximum atomic E-state index is 10.1. The number of nitrogens with one attached hydrogen (secondary N) is 1. The summed E-state index contributed by atoms with van der Waals surface area (Å²) in [5.74, 6) is 0. The summed E-state index contributed by atoms with van der Waals surface area (Å²) < 4.78 is 0. The van der Waals surface area contributed by atoms with Gasteiger partial charge in [0.2, 0.25) is 6.41 Å². The highest BCUT2D eigenvalue weighted by Crippen LogP contribution is 2.18. The summed E-state index contributed by atoms with van der Waals surface area (Å²) in [7, 11) is 0. The van der Waals surface area contributed by atoms with Gasteiger partial charge in [0.15, 0.2) is 0 Å². The second kappa shape index (κ2) is 4.03. The Bertz CT molecular complexity index is 250. The summed E-state index contributed by atoms with van der Waals surface area (Å²) in [5, 5.41) is 2.59. The minimum Gasteiger partial charge on any atom is -0.329 e. The predicted molar refractivity (Wildman–Crippen MR) is 47.9 cm³/mol. The van der Waals surface area contributed by atoms with Gasteiger partial charge in [0.05, 0.1) is 0 Å². The summed E-state index contributed by atoms with van der Waals surface area (Å²) in [6, 6.07) is 7.70. The first kappa shape index (κ1) is 8.14. The number of benzene rings is 1. The van der Waals surface area contributed by atoms with Crippen LogP contribution in [0, 0.1) is 0 Å². The molecular weight excluding hydrogens is 158 g/mol. The van der Waals surface area contributed by atoms with Gasteiger partial charge in [-0.05, 0) is 24.5 Å². The molecule has 0 saturated heterocycles. The SMILES string of the molecule is CSc1cccc(NC=O)c1. The van der Waals surface area contributed by atoms with Crippen molar-refractivity contribution in [3.63, 3.8) is 0 Å². The Balaban J connectivity index is 2.82. The van der Waals surface area contributed by atoms with Crippen molar-refractivity contribution in [2.45, 2.75) is 4.90 Å². The van der Waals surface area contributed by atoms with Gasteiger partial charge in [-0.15, -0.1) is 11.8 Å². The maximum Gasteiger partial charge on any atom is 0.211 e. The number of amides is 1. The fourth-order valence-electron chi connectivity index (χ4n) is 0.781. The second-order valence-corrected chi connectivity index (χ2v) is 2.87. The van der Waals surface area contributed by atoms with E-state index >= 15 is 0 Å². The third kappa shape index (κ3) is 2.27. The topological polar surface area (TPSA) is 29.1 Å². The zero-order valence-corrected chi connectivity index (χ0v) is 7.02. The summed E-state index contributed by atoms with van der Waals surface area (Å²) in [6.45, 7) is 0. The van der Waals surface area contributed by atoms with Crippen molar-refractivity contribution >= 4 is 23.9 Å². The number of carbonyl (C=O) groups is 1. The number of hydrogen-bond acceptors (Lipinski definition) is 2. The van der Waals surface area contributed by atoms with Crippen molar-refractivity contribution in [2.75, 3.05) is 11.6 Å². The Labute approximate surface area is 70.0 Å². The van der Waals surface area contributed by atoms with Crippen molar-refractivity contribution in [2.24, 2.45) is 0 Å². The van der Waals surface area contributed by atoms with Crippen molar-refractivity contribution in [3.8, 4) is 0 Å². The molecule has 0 aliphatic heterocycles. The van der Waals surface area contributed by atoms with Gasteiger partial charge in [0.25, 0.3) is 0 Å². The van der Waals surface area contributed by atoms with Gasteiger partial charge in [0, 0.05) is 10.6 Å². The third-order valence-electron chi connectivity index (χ3n) is 1.30. The maximum absolute atomic E-state index is 10.1. The highest BCUT2D eigenvalue weighted by molar-refractivity contribution is 7.98. The first-order valence-electron chi connectivity index (χ1n) is 3.21. The highest BCUT2D eigenvalue weighted by Gasteiger charge is 1.91. The predicted octanol–water partition coefficient (Wildman–Crippen LogP) is 1.98. The van der Waals surface area contributed by atoms with Gasteiger partial charge in [-0.1, -0.05) is 6.07 Å². The normalized spacial score (nSPS) is 9.18. The molecule has 1 rings (SSSR count). The van der Waals surface area contributed by atoms with Crippen LogP contribution in [0.15, 0.2) is 29.2 Å². The molecule has 0 bridgehead atoms. The molecule has 1 aromatic carbocycles. The highest BCUT2D eigenvalue weighted by atomic mass is 32.2. The minimum atomic E-state index is 0.680. The number of anilines is 1. The van der Waals surface area contributed by atoms with Gasteiger partial charge < -0.3 is 5.32 Å².